The zero-order valence-corrected chi connectivity index (χ0v) is 13.5. The minimum atomic E-state index is 0.231. The van der Waals surface area contributed by atoms with Crippen molar-refractivity contribution in [1.82, 2.24) is 5.32 Å². The molecule has 20 heavy (non-hydrogen) atoms. The van der Waals surface area contributed by atoms with Crippen molar-refractivity contribution < 1.29 is 4.79 Å². The van der Waals surface area contributed by atoms with Crippen LogP contribution in [0.2, 0.25) is 0 Å². The highest BCUT2D eigenvalue weighted by Crippen LogP contribution is 2.72. The van der Waals surface area contributed by atoms with E-state index in [0.717, 1.165) is 36.8 Å². The van der Waals surface area contributed by atoms with Gasteiger partial charge in [-0.05, 0) is 55.8 Å². The first-order chi connectivity index (χ1) is 9.45. The molecule has 112 valence electrons. The molecule has 0 aromatic rings. The fourth-order valence-electron chi connectivity index (χ4n) is 5.71. The lowest BCUT2D eigenvalue weighted by molar-refractivity contribution is -0.117. The largest absolute Gasteiger partial charge is 0.352 e. The second kappa shape index (κ2) is 4.61. The summed E-state index contributed by atoms with van der Waals surface area (Å²) in [4.78, 5) is 12.5. The Hall–Kier alpha value is -0.790. The van der Waals surface area contributed by atoms with E-state index in [4.69, 9.17) is 0 Å². The standard InChI is InChI=1S/C18H29NO/c1-5-10-19-16(20)14-8-9-18-12(2)6-7-13(11-15(14)18)17(18,3)4/h12-13H,5-11H2,1-4H3,(H,19,20)/t12-,13-,18+/m1/s1. The second-order valence-corrected chi connectivity index (χ2v) is 7.79. The van der Waals surface area contributed by atoms with E-state index in [9.17, 15) is 4.79 Å². The maximum absolute atomic E-state index is 12.5. The molecule has 3 aliphatic carbocycles. The Bertz CT molecular complexity index is 462. The van der Waals surface area contributed by atoms with E-state index >= 15 is 0 Å². The van der Waals surface area contributed by atoms with Crippen molar-refractivity contribution in [2.75, 3.05) is 6.54 Å². The lowest BCUT2D eigenvalue weighted by Crippen LogP contribution is -2.44. The summed E-state index contributed by atoms with van der Waals surface area (Å²) in [6, 6.07) is 0. The number of amides is 1. The molecule has 3 atom stereocenters. The van der Waals surface area contributed by atoms with Crippen molar-refractivity contribution in [3.63, 3.8) is 0 Å². The Kier molecular flexibility index (Phi) is 3.26. The molecule has 2 nitrogen and oxygen atoms in total. The van der Waals surface area contributed by atoms with Crippen molar-refractivity contribution >= 4 is 5.91 Å². The van der Waals surface area contributed by atoms with Gasteiger partial charge in [-0.3, -0.25) is 4.79 Å². The summed E-state index contributed by atoms with van der Waals surface area (Å²) in [5.41, 5.74) is 3.41. The number of carbonyl (C=O) groups excluding carboxylic acids is 1. The van der Waals surface area contributed by atoms with E-state index in [-0.39, 0.29) is 5.91 Å². The maximum atomic E-state index is 12.5. The van der Waals surface area contributed by atoms with Gasteiger partial charge in [0.05, 0.1) is 0 Å². The van der Waals surface area contributed by atoms with Crippen LogP contribution in [0.3, 0.4) is 0 Å². The lowest BCUT2D eigenvalue weighted by Gasteiger charge is -2.51. The maximum Gasteiger partial charge on any atom is 0.247 e. The van der Waals surface area contributed by atoms with Crippen LogP contribution in [0.1, 0.15) is 66.2 Å². The van der Waals surface area contributed by atoms with Crippen LogP contribution in [-0.2, 0) is 4.79 Å². The first-order valence-corrected chi connectivity index (χ1v) is 8.45. The van der Waals surface area contributed by atoms with Crippen molar-refractivity contribution in [2.45, 2.75) is 66.2 Å². The molecule has 2 fully saturated rings. The van der Waals surface area contributed by atoms with E-state index in [1.165, 1.54) is 25.7 Å². The molecule has 2 saturated carbocycles. The summed E-state index contributed by atoms with van der Waals surface area (Å²) in [6.45, 7) is 10.3. The molecule has 0 aromatic heterocycles. The predicted molar refractivity (Wildman–Crippen MR) is 82.3 cm³/mol. The molecule has 2 heteroatoms. The number of fused-ring (bicyclic) bond motifs is 1. The fraction of sp³-hybridized carbons (Fsp3) is 0.833. The number of nitrogens with one attached hydrogen (secondary N) is 1. The Labute approximate surface area is 123 Å². The van der Waals surface area contributed by atoms with Gasteiger partial charge in [0.1, 0.15) is 0 Å². The molecular formula is C18H29NO. The topological polar surface area (TPSA) is 29.1 Å². The molecule has 1 N–H and O–H groups in total. The molecule has 0 heterocycles. The van der Waals surface area contributed by atoms with Gasteiger partial charge in [-0.1, -0.05) is 33.3 Å². The summed E-state index contributed by atoms with van der Waals surface area (Å²) >= 11 is 0. The SMILES string of the molecule is CCCNC(=O)C1=C2C[C@H]3CC[C@@H](C)[C@]2(CC1)C3(C)C. The minimum Gasteiger partial charge on any atom is -0.352 e. The van der Waals surface area contributed by atoms with Gasteiger partial charge in [0, 0.05) is 17.5 Å². The second-order valence-electron chi connectivity index (χ2n) is 7.79. The highest BCUT2D eigenvalue weighted by Gasteiger charge is 2.64. The molecule has 1 spiro atoms. The van der Waals surface area contributed by atoms with Crippen molar-refractivity contribution in [3.05, 3.63) is 11.1 Å². The Morgan fingerprint density at radius 1 is 1.35 bits per heavy atom. The van der Waals surface area contributed by atoms with Gasteiger partial charge >= 0.3 is 0 Å². The van der Waals surface area contributed by atoms with E-state index in [1.54, 1.807) is 5.57 Å². The van der Waals surface area contributed by atoms with Gasteiger partial charge in [-0.25, -0.2) is 0 Å². The first kappa shape index (κ1) is 14.2. The summed E-state index contributed by atoms with van der Waals surface area (Å²) in [7, 11) is 0. The molecule has 3 aliphatic rings. The molecular weight excluding hydrogens is 246 g/mol. The van der Waals surface area contributed by atoms with Crippen LogP contribution >= 0.6 is 0 Å². The fourth-order valence-corrected chi connectivity index (χ4v) is 5.71. The monoisotopic (exact) mass is 275 g/mol. The van der Waals surface area contributed by atoms with Crippen molar-refractivity contribution in [3.8, 4) is 0 Å². The Morgan fingerprint density at radius 3 is 2.80 bits per heavy atom. The third kappa shape index (κ3) is 1.60. The number of rotatable bonds is 3. The molecule has 0 aromatic carbocycles. The summed E-state index contributed by atoms with van der Waals surface area (Å²) in [6.07, 6.45) is 7.12. The van der Waals surface area contributed by atoms with Gasteiger partial charge < -0.3 is 5.32 Å². The zero-order chi connectivity index (χ0) is 14.5. The van der Waals surface area contributed by atoms with Crippen LogP contribution in [0.15, 0.2) is 11.1 Å². The van der Waals surface area contributed by atoms with E-state index in [2.05, 4.69) is 33.0 Å². The average Bonchev–Trinajstić information content (AvgIpc) is 2.83. The van der Waals surface area contributed by atoms with Crippen LogP contribution in [0.5, 0.6) is 0 Å². The average molecular weight is 275 g/mol. The van der Waals surface area contributed by atoms with E-state index in [1.807, 2.05) is 0 Å². The van der Waals surface area contributed by atoms with Crippen LogP contribution in [-0.4, -0.2) is 12.5 Å². The highest BCUT2D eigenvalue weighted by atomic mass is 16.1. The molecule has 2 bridgehead atoms. The van der Waals surface area contributed by atoms with E-state index < -0.39 is 0 Å². The van der Waals surface area contributed by atoms with Gasteiger partial charge in [0.25, 0.3) is 0 Å². The Morgan fingerprint density at radius 2 is 2.10 bits per heavy atom. The summed E-state index contributed by atoms with van der Waals surface area (Å²) in [5.74, 6) is 1.76. The number of allylic oxidation sites excluding steroid dienone is 1. The lowest BCUT2D eigenvalue weighted by atomic mass is 9.53. The van der Waals surface area contributed by atoms with Gasteiger partial charge in [-0.15, -0.1) is 0 Å². The molecule has 0 radical (unpaired) electrons. The van der Waals surface area contributed by atoms with Gasteiger partial charge in [0.15, 0.2) is 0 Å². The molecule has 0 saturated heterocycles. The van der Waals surface area contributed by atoms with Gasteiger partial charge in [-0.2, -0.15) is 0 Å². The summed E-state index contributed by atoms with van der Waals surface area (Å²) in [5, 5.41) is 3.11. The zero-order valence-electron chi connectivity index (χ0n) is 13.5. The minimum absolute atomic E-state index is 0.231. The molecule has 0 aliphatic heterocycles. The van der Waals surface area contributed by atoms with Crippen LogP contribution in [0, 0.1) is 22.7 Å². The van der Waals surface area contributed by atoms with Crippen LogP contribution in [0.4, 0.5) is 0 Å². The summed E-state index contributed by atoms with van der Waals surface area (Å²) < 4.78 is 0. The third-order valence-electron chi connectivity index (χ3n) is 6.89. The molecule has 1 amide bonds. The predicted octanol–water partition coefficient (Wildman–Crippen LogP) is 4.07. The van der Waals surface area contributed by atoms with Crippen molar-refractivity contribution in [1.29, 1.82) is 0 Å². The third-order valence-corrected chi connectivity index (χ3v) is 6.89. The number of hydrogen-bond acceptors (Lipinski definition) is 1. The molecule has 3 rings (SSSR count). The highest BCUT2D eigenvalue weighted by molar-refractivity contribution is 5.95. The number of hydrogen-bond donors (Lipinski definition) is 1. The quantitative estimate of drug-likeness (QED) is 0.826. The Balaban J connectivity index is 1.99. The molecule has 0 unspecified atom stereocenters. The number of carbonyl (C=O) groups is 1. The smallest absolute Gasteiger partial charge is 0.247 e. The normalized spacial score (nSPS) is 38.0. The van der Waals surface area contributed by atoms with Crippen molar-refractivity contribution in [2.24, 2.45) is 22.7 Å². The van der Waals surface area contributed by atoms with Crippen LogP contribution < -0.4 is 5.32 Å². The first-order valence-electron chi connectivity index (χ1n) is 8.45. The van der Waals surface area contributed by atoms with E-state index in [0.29, 0.717) is 10.8 Å². The van der Waals surface area contributed by atoms with Gasteiger partial charge in [0.2, 0.25) is 5.91 Å². The van der Waals surface area contributed by atoms with Crippen LogP contribution in [0.25, 0.3) is 0 Å².